The van der Waals surface area contributed by atoms with Crippen molar-refractivity contribution in [3.05, 3.63) is 98.7 Å². The molecule has 10 heteroatoms. The predicted octanol–water partition coefficient (Wildman–Crippen LogP) is 5.90. The van der Waals surface area contributed by atoms with E-state index in [1.165, 1.54) is 24.3 Å². The Morgan fingerprint density at radius 1 is 1.00 bits per heavy atom. The van der Waals surface area contributed by atoms with Gasteiger partial charge in [0.2, 0.25) is 10.0 Å². The number of nitrogens with zero attached hydrogens (tertiary/aromatic N) is 1. The molecular weight excluding hydrogens is 496 g/mol. The van der Waals surface area contributed by atoms with Gasteiger partial charge in [-0.2, -0.15) is 9.82 Å². The Bertz CT molecular complexity index is 1280. The van der Waals surface area contributed by atoms with E-state index in [0.29, 0.717) is 27.7 Å². The van der Waals surface area contributed by atoms with Gasteiger partial charge in [0.1, 0.15) is 5.82 Å². The third-order valence-corrected chi connectivity index (χ3v) is 7.27. The van der Waals surface area contributed by atoms with Gasteiger partial charge in [0.15, 0.2) is 0 Å². The summed E-state index contributed by atoms with van der Waals surface area (Å²) in [5.74, 6) is -0.656. The number of benzene rings is 3. The van der Waals surface area contributed by atoms with Crippen molar-refractivity contribution >= 4 is 50.5 Å². The van der Waals surface area contributed by atoms with Crippen molar-refractivity contribution < 1.29 is 12.8 Å². The number of hydrogen-bond donors (Lipinski definition) is 2. The van der Waals surface area contributed by atoms with Gasteiger partial charge in [-0.1, -0.05) is 59.1 Å². The van der Waals surface area contributed by atoms with Gasteiger partial charge in [-0.3, -0.25) is 0 Å². The largest absolute Gasteiger partial charge is 0.302 e. The molecule has 3 aromatic carbocycles. The minimum absolute atomic E-state index is 0.172. The van der Waals surface area contributed by atoms with Crippen LogP contribution in [0.4, 0.5) is 4.39 Å². The van der Waals surface area contributed by atoms with E-state index >= 15 is 0 Å². The van der Waals surface area contributed by atoms with Crippen LogP contribution in [0.25, 0.3) is 0 Å². The second-order valence-corrected chi connectivity index (χ2v) is 10.2. The lowest BCUT2D eigenvalue weighted by atomic mass is 9.96. The summed E-state index contributed by atoms with van der Waals surface area (Å²) in [6, 6.07) is 15.8. The maximum Gasteiger partial charge on any atom is 0.241 e. The zero-order chi connectivity index (χ0) is 22.9. The maximum absolute atomic E-state index is 13.7. The fourth-order valence-corrected chi connectivity index (χ4v) is 5.31. The van der Waals surface area contributed by atoms with Gasteiger partial charge in [-0.25, -0.2) is 12.8 Å². The molecule has 0 bridgehead atoms. The van der Waals surface area contributed by atoms with Gasteiger partial charge in [-0.05, 0) is 53.6 Å². The first kappa shape index (κ1) is 23.0. The van der Waals surface area contributed by atoms with Gasteiger partial charge in [-0.15, -0.1) is 0 Å². The molecule has 0 radical (unpaired) electrons. The molecule has 4 rings (SSSR count). The summed E-state index contributed by atoms with van der Waals surface area (Å²) in [5.41, 5.74) is 4.99. The van der Waals surface area contributed by atoms with Crippen molar-refractivity contribution in [1.82, 2.24) is 10.1 Å². The monoisotopic (exact) mass is 511 g/mol. The number of hydrogen-bond acceptors (Lipinski definition) is 4. The van der Waals surface area contributed by atoms with Crippen LogP contribution in [-0.4, -0.2) is 14.1 Å². The first-order valence-electron chi connectivity index (χ1n) is 9.53. The molecule has 0 fully saturated rings. The van der Waals surface area contributed by atoms with E-state index in [0.717, 1.165) is 11.6 Å². The summed E-state index contributed by atoms with van der Waals surface area (Å²) >= 11 is 18.4. The van der Waals surface area contributed by atoms with Crippen molar-refractivity contribution in [3.8, 4) is 0 Å². The lowest BCUT2D eigenvalue weighted by molar-refractivity contribution is 0.573. The standard InChI is InChI=1S/C22H17Cl3FN3O2S/c23-14-6-4-13(5-7-14)20-12-21(28-27-20)22(18-9-8-15(24)10-19(18)25)29-32(30,31)17-3-1-2-16(26)11-17/h1-11,20,22,27,29H,12H2. The van der Waals surface area contributed by atoms with Gasteiger partial charge < -0.3 is 5.43 Å². The fourth-order valence-electron chi connectivity index (χ4n) is 3.44. The molecule has 2 N–H and O–H groups in total. The van der Waals surface area contributed by atoms with Crippen LogP contribution in [0.5, 0.6) is 0 Å². The van der Waals surface area contributed by atoms with Crippen molar-refractivity contribution in [2.75, 3.05) is 0 Å². The topological polar surface area (TPSA) is 70.6 Å². The number of rotatable bonds is 6. The highest BCUT2D eigenvalue weighted by Crippen LogP contribution is 2.33. The Labute approximate surface area is 200 Å². The number of nitrogens with one attached hydrogen (secondary N) is 2. The highest BCUT2D eigenvalue weighted by molar-refractivity contribution is 7.89. The Balaban J connectivity index is 1.68. The summed E-state index contributed by atoms with van der Waals surface area (Å²) in [7, 11) is -4.09. The Hall–Kier alpha value is -2.16. The zero-order valence-corrected chi connectivity index (χ0v) is 19.5. The molecule has 166 valence electrons. The second kappa shape index (κ2) is 9.37. The average molecular weight is 513 g/mol. The molecular formula is C22H17Cl3FN3O2S. The number of halogens is 4. The van der Waals surface area contributed by atoms with E-state index in [4.69, 9.17) is 34.8 Å². The van der Waals surface area contributed by atoms with Gasteiger partial charge in [0, 0.05) is 21.5 Å². The summed E-state index contributed by atoms with van der Waals surface area (Å²) < 4.78 is 42.4. The summed E-state index contributed by atoms with van der Waals surface area (Å²) in [6.07, 6.45) is 0.414. The van der Waals surface area contributed by atoms with Gasteiger partial charge in [0.05, 0.1) is 22.7 Å². The maximum atomic E-state index is 13.7. The van der Waals surface area contributed by atoms with Crippen LogP contribution in [0.2, 0.25) is 15.1 Å². The minimum atomic E-state index is -4.09. The third-order valence-electron chi connectivity index (χ3n) is 5.04. The van der Waals surface area contributed by atoms with Gasteiger partial charge in [0.25, 0.3) is 0 Å². The molecule has 32 heavy (non-hydrogen) atoms. The van der Waals surface area contributed by atoms with E-state index in [2.05, 4.69) is 15.2 Å². The molecule has 0 aliphatic carbocycles. The first-order chi connectivity index (χ1) is 15.2. The van der Waals surface area contributed by atoms with Crippen LogP contribution in [0, 0.1) is 5.82 Å². The first-order valence-corrected chi connectivity index (χ1v) is 12.1. The van der Waals surface area contributed by atoms with E-state index in [1.54, 1.807) is 24.3 Å². The normalized spacial score (nSPS) is 17.0. The Kier molecular flexibility index (Phi) is 6.74. The third kappa shape index (κ3) is 5.08. The summed E-state index contributed by atoms with van der Waals surface area (Å²) in [5, 5.41) is 5.70. The fraction of sp³-hybridized carbons (Fsp3) is 0.136. The van der Waals surface area contributed by atoms with Crippen LogP contribution >= 0.6 is 34.8 Å². The molecule has 1 heterocycles. The van der Waals surface area contributed by atoms with Crippen molar-refractivity contribution in [3.63, 3.8) is 0 Å². The van der Waals surface area contributed by atoms with E-state index < -0.39 is 21.9 Å². The van der Waals surface area contributed by atoms with Crippen LogP contribution in [-0.2, 0) is 10.0 Å². The molecule has 2 unspecified atom stereocenters. The van der Waals surface area contributed by atoms with Crippen molar-refractivity contribution in [2.45, 2.75) is 23.4 Å². The lowest BCUT2D eigenvalue weighted by Gasteiger charge is -2.21. The van der Waals surface area contributed by atoms with Crippen LogP contribution in [0.1, 0.15) is 29.6 Å². The van der Waals surface area contributed by atoms with Gasteiger partial charge >= 0.3 is 0 Å². The smallest absolute Gasteiger partial charge is 0.241 e. The second-order valence-electron chi connectivity index (χ2n) is 7.22. The highest BCUT2D eigenvalue weighted by atomic mass is 35.5. The molecule has 1 aliphatic rings. The Morgan fingerprint density at radius 2 is 1.72 bits per heavy atom. The van der Waals surface area contributed by atoms with Crippen LogP contribution < -0.4 is 10.1 Å². The molecule has 1 aliphatic heterocycles. The van der Waals surface area contributed by atoms with E-state index in [1.807, 2.05) is 12.1 Å². The molecule has 0 amide bonds. The zero-order valence-electron chi connectivity index (χ0n) is 16.4. The predicted molar refractivity (Wildman–Crippen MR) is 125 cm³/mol. The van der Waals surface area contributed by atoms with Crippen LogP contribution in [0.3, 0.4) is 0 Å². The molecule has 0 spiro atoms. The van der Waals surface area contributed by atoms with Crippen molar-refractivity contribution in [2.24, 2.45) is 5.10 Å². The van der Waals surface area contributed by atoms with Crippen LogP contribution in [0.15, 0.2) is 76.7 Å². The molecule has 2 atom stereocenters. The summed E-state index contributed by atoms with van der Waals surface area (Å²) in [6.45, 7) is 0. The van der Waals surface area contributed by atoms with E-state index in [-0.39, 0.29) is 16.0 Å². The minimum Gasteiger partial charge on any atom is -0.302 e. The van der Waals surface area contributed by atoms with E-state index in [9.17, 15) is 12.8 Å². The SMILES string of the molecule is O=S(=O)(NC(C1=NNC(c2ccc(Cl)cc2)C1)c1ccc(Cl)cc1Cl)c1cccc(F)c1. The lowest BCUT2D eigenvalue weighted by Crippen LogP contribution is -2.33. The molecule has 0 aromatic heterocycles. The number of hydrazone groups is 1. The molecule has 0 saturated heterocycles. The Morgan fingerprint density at radius 3 is 2.41 bits per heavy atom. The average Bonchev–Trinajstić information content (AvgIpc) is 3.23. The molecule has 3 aromatic rings. The van der Waals surface area contributed by atoms with Crippen molar-refractivity contribution in [1.29, 1.82) is 0 Å². The molecule has 5 nitrogen and oxygen atoms in total. The quantitative estimate of drug-likeness (QED) is 0.432. The summed E-state index contributed by atoms with van der Waals surface area (Å²) in [4.78, 5) is -0.201. The number of sulfonamides is 1. The highest BCUT2D eigenvalue weighted by Gasteiger charge is 2.32. The molecule has 0 saturated carbocycles.